The lowest BCUT2D eigenvalue weighted by Crippen LogP contribution is -2.30. The van der Waals surface area contributed by atoms with Crippen molar-refractivity contribution >= 4 is 17.9 Å². The molecule has 1 atom stereocenters. The predicted molar refractivity (Wildman–Crippen MR) is 362 cm³/mol. The van der Waals surface area contributed by atoms with Crippen LogP contribution < -0.4 is 0 Å². The van der Waals surface area contributed by atoms with Gasteiger partial charge in [0.15, 0.2) is 6.10 Å². The van der Waals surface area contributed by atoms with Crippen molar-refractivity contribution in [2.45, 2.75) is 374 Å². The van der Waals surface area contributed by atoms with Crippen LogP contribution in [0.1, 0.15) is 367 Å². The number of esters is 3. The molecule has 0 aliphatic rings. The summed E-state index contributed by atoms with van der Waals surface area (Å²) in [5, 5.41) is 0. The van der Waals surface area contributed by atoms with Crippen molar-refractivity contribution in [3.05, 3.63) is 85.1 Å². The van der Waals surface area contributed by atoms with Gasteiger partial charge in [0.05, 0.1) is 0 Å². The highest BCUT2D eigenvalue weighted by molar-refractivity contribution is 5.71. The molecular weight excluding hydrogens is 1020 g/mol. The van der Waals surface area contributed by atoms with E-state index in [0.717, 1.165) is 103 Å². The van der Waals surface area contributed by atoms with E-state index in [-0.39, 0.29) is 31.1 Å². The summed E-state index contributed by atoms with van der Waals surface area (Å²) in [5.41, 5.74) is 0. The second-order valence-corrected chi connectivity index (χ2v) is 24.1. The van der Waals surface area contributed by atoms with Crippen molar-refractivity contribution in [2.24, 2.45) is 0 Å². The Hall–Kier alpha value is -3.41. The molecule has 6 heteroatoms. The van der Waals surface area contributed by atoms with Crippen molar-refractivity contribution < 1.29 is 28.6 Å². The maximum atomic E-state index is 12.9. The number of unbranched alkanes of at least 4 members (excludes halogenated alkanes) is 41. The number of ether oxygens (including phenoxy) is 3. The molecule has 6 nitrogen and oxygen atoms in total. The molecule has 0 saturated carbocycles. The molecular formula is C77H136O6. The maximum Gasteiger partial charge on any atom is 0.306 e. The van der Waals surface area contributed by atoms with Gasteiger partial charge in [0.25, 0.3) is 0 Å². The van der Waals surface area contributed by atoms with E-state index in [1.54, 1.807) is 0 Å². The fourth-order valence-corrected chi connectivity index (χ4v) is 10.5. The maximum absolute atomic E-state index is 12.9. The minimum absolute atomic E-state index is 0.0701. The van der Waals surface area contributed by atoms with Crippen LogP contribution in [0.25, 0.3) is 0 Å². The van der Waals surface area contributed by atoms with Gasteiger partial charge in [0.2, 0.25) is 0 Å². The minimum atomic E-state index is -0.774. The van der Waals surface area contributed by atoms with E-state index in [0.29, 0.717) is 19.3 Å². The van der Waals surface area contributed by atoms with Crippen LogP contribution in [0.2, 0.25) is 0 Å². The number of hydrogen-bond donors (Lipinski definition) is 0. The Morgan fingerprint density at radius 1 is 0.253 bits per heavy atom. The minimum Gasteiger partial charge on any atom is -0.462 e. The van der Waals surface area contributed by atoms with Gasteiger partial charge >= 0.3 is 17.9 Å². The monoisotopic (exact) mass is 1160 g/mol. The summed E-state index contributed by atoms with van der Waals surface area (Å²) in [6, 6.07) is 0. The summed E-state index contributed by atoms with van der Waals surface area (Å²) in [7, 11) is 0. The van der Waals surface area contributed by atoms with Gasteiger partial charge in [0, 0.05) is 19.3 Å². The van der Waals surface area contributed by atoms with E-state index in [9.17, 15) is 14.4 Å². The highest BCUT2D eigenvalue weighted by atomic mass is 16.6. The van der Waals surface area contributed by atoms with Gasteiger partial charge in [-0.25, -0.2) is 0 Å². The molecule has 480 valence electrons. The third-order valence-corrected chi connectivity index (χ3v) is 15.9. The largest absolute Gasteiger partial charge is 0.462 e. The number of hydrogen-bond acceptors (Lipinski definition) is 6. The SMILES string of the molecule is CC/C=C\C/C=C\C/C=C\C/C=C\C/C=C\C/C=C\C/C=C\CCCCCCCCCCCCCC(=O)OCC(COC(=O)CCCCCCCCCCCCCCCCC)OC(=O)CCCCCCCCCCCCCCCCCCC. The zero-order chi connectivity index (χ0) is 59.9. The molecule has 0 heterocycles. The first-order valence-corrected chi connectivity index (χ1v) is 36.1. The van der Waals surface area contributed by atoms with Gasteiger partial charge in [-0.1, -0.05) is 356 Å². The van der Waals surface area contributed by atoms with E-state index in [1.807, 2.05) is 0 Å². The van der Waals surface area contributed by atoms with E-state index >= 15 is 0 Å². The topological polar surface area (TPSA) is 78.9 Å². The molecule has 0 saturated heterocycles. The molecule has 0 N–H and O–H groups in total. The normalized spacial score (nSPS) is 12.6. The number of carbonyl (C=O) groups is 3. The summed E-state index contributed by atoms with van der Waals surface area (Å²) in [5.74, 6) is -0.849. The first-order valence-electron chi connectivity index (χ1n) is 36.1. The van der Waals surface area contributed by atoms with Gasteiger partial charge in [-0.2, -0.15) is 0 Å². The molecule has 0 aromatic heterocycles. The molecule has 0 aliphatic heterocycles. The molecule has 0 aromatic rings. The van der Waals surface area contributed by atoms with Gasteiger partial charge in [0.1, 0.15) is 13.2 Å². The van der Waals surface area contributed by atoms with E-state index < -0.39 is 6.10 Å². The van der Waals surface area contributed by atoms with Crippen LogP contribution in [-0.4, -0.2) is 37.2 Å². The highest BCUT2D eigenvalue weighted by Gasteiger charge is 2.19. The Morgan fingerprint density at radius 3 is 0.735 bits per heavy atom. The molecule has 0 aliphatic carbocycles. The van der Waals surface area contributed by atoms with Crippen molar-refractivity contribution in [3.8, 4) is 0 Å². The second kappa shape index (κ2) is 71.1. The van der Waals surface area contributed by atoms with Gasteiger partial charge in [-0.3, -0.25) is 14.4 Å². The van der Waals surface area contributed by atoms with E-state index in [4.69, 9.17) is 14.2 Å². The summed E-state index contributed by atoms with van der Waals surface area (Å²) < 4.78 is 17.0. The number of carbonyl (C=O) groups excluding carboxylic acids is 3. The van der Waals surface area contributed by atoms with Crippen LogP contribution in [0.4, 0.5) is 0 Å². The summed E-state index contributed by atoms with van der Waals surface area (Å²) >= 11 is 0. The zero-order valence-electron chi connectivity index (χ0n) is 55.2. The van der Waals surface area contributed by atoms with E-state index in [2.05, 4.69) is 106 Å². The number of rotatable bonds is 66. The van der Waals surface area contributed by atoms with Crippen molar-refractivity contribution in [2.75, 3.05) is 13.2 Å². The van der Waals surface area contributed by atoms with Crippen molar-refractivity contribution in [1.82, 2.24) is 0 Å². The fourth-order valence-electron chi connectivity index (χ4n) is 10.5. The molecule has 0 fully saturated rings. The van der Waals surface area contributed by atoms with Gasteiger partial charge in [-0.15, -0.1) is 0 Å². The van der Waals surface area contributed by atoms with Crippen molar-refractivity contribution in [3.63, 3.8) is 0 Å². The second-order valence-electron chi connectivity index (χ2n) is 24.1. The standard InChI is InChI=1S/C77H136O6/c1-4-7-10-13-16-19-22-25-28-30-31-32-33-34-35-36-37-38-39-40-41-42-43-44-45-47-49-52-55-58-61-64-67-70-76(79)82-73-74(72-81-75(78)69-66-63-60-57-54-51-48-27-24-21-18-15-12-9-6-3)83-77(80)71-68-65-62-59-56-53-50-46-29-26-23-20-17-14-11-8-5-2/h7,10,16,19,25,28,31-32,34-35,37-38,40-41,74H,4-6,8-9,11-15,17-18,20-24,26-27,29-30,33,36,39,42-73H2,1-3H3/b10-7-,19-16-,28-25-,32-31-,35-34-,38-37-,41-40-. The Kier molecular flexibility index (Phi) is 68.2. The summed E-state index contributed by atoms with van der Waals surface area (Å²) in [6.45, 7) is 6.59. The van der Waals surface area contributed by atoms with Crippen LogP contribution in [0.15, 0.2) is 85.1 Å². The van der Waals surface area contributed by atoms with Crippen LogP contribution in [0.3, 0.4) is 0 Å². The lowest BCUT2D eigenvalue weighted by Gasteiger charge is -2.18. The lowest BCUT2D eigenvalue weighted by molar-refractivity contribution is -0.167. The van der Waals surface area contributed by atoms with Crippen LogP contribution in [-0.2, 0) is 28.6 Å². The Morgan fingerprint density at radius 2 is 0.470 bits per heavy atom. The molecule has 0 amide bonds. The molecule has 0 spiro atoms. The first-order chi connectivity index (χ1) is 41.0. The fraction of sp³-hybridized carbons (Fsp3) is 0.779. The van der Waals surface area contributed by atoms with Crippen LogP contribution >= 0.6 is 0 Å². The molecule has 0 radical (unpaired) electrons. The average molecular weight is 1160 g/mol. The Balaban J connectivity index is 4.23. The molecule has 0 aromatic carbocycles. The molecule has 0 rings (SSSR count). The molecule has 0 bridgehead atoms. The Labute approximate surface area is 515 Å². The average Bonchev–Trinajstić information content (AvgIpc) is 3.49. The van der Waals surface area contributed by atoms with Gasteiger partial charge < -0.3 is 14.2 Å². The highest BCUT2D eigenvalue weighted by Crippen LogP contribution is 2.18. The predicted octanol–water partition coefficient (Wildman–Crippen LogP) is 25.0. The van der Waals surface area contributed by atoms with E-state index in [1.165, 1.54) is 225 Å². The zero-order valence-corrected chi connectivity index (χ0v) is 55.2. The number of allylic oxidation sites excluding steroid dienone is 14. The quantitative estimate of drug-likeness (QED) is 0.0261. The van der Waals surface area contributed by atoms with Crippen LogP contribution in [0.5, 0.6) is 0 Å². The third-order valence-electron chi connectivity index (χ3n) is 15.9. The summed E-state index contributed by atoms with van der Waals surface area (Å²) in [6.07, 6.45) is 94.6. The smallest absolute Gasteiger partial charge is 0.306 e. The third kappa shape index (κ3) is 69.3. The van der Waals surface area contributed by atoms with Crippen LogP contribution in [0, 0.1) is 0 Å². The molecule has 1 unspecified atom stereocenters. The summed E-state index contributed by atoms with van der Waals surface area (Å²) in [4.78, 5) is 38.4. The first kappa shape index (κ1) is 79.6. The van der Waals surface area contributed by atoms with Gasteiger partial charge in [-0.05, 0) is 77.0 Å². The lowest BCUT2D eigenvalue weighted by atomic mass is 10.0. The van der Waals surface area contributed by atoms with Crippen molar-refractivity contribution in [1.29, 1.82) is 0 Å². The Bertz CT molecular complexity index is 1570. The molecule has 83 heavy (non-hydrogen) atoms.